The van der Waals surface area contributed by atoms with Gasteiger partial charge in [-0.05, 0) is 20.8 Å². The van der Waals surface area contributed by atoms with Crippen molar-refractivity contribution in [2.24, 2.45) is 0 Å². The third-order valence-corrected chi connectivity index (χ3v) is 3.02. The van der Waals surface area contributed by atoms with E-state index in [9.17, 15) is 0 Å². The van der Waals surface area contributed by atoms with E-state index in [-0.39, 0.29) is 0 Å². The lowest BCUT2D eigenvalue weighted by molar-refractivity contribution is 0.457. The van der Waals surface area contributed by atoms with Crippen molar-refractivity contribution in [3.05, 3.63) is 29.2 Å². The average Bonchev–Trinajstić information content (AvgIpc) is 2.83. The molecule has 2 rings (SSSR count). The molecule has 0 saturated carbocycles. The summed E-state index contributed by atoms with van der Waals surface area (Å²) in [6, 6.07) is 0.417. The molecule has 2 aromatic heterocycles. The summed E-state index contributed by atoms with van der Waals surface area (Å²) in [5.41, 5.74) is 2.14. The number of furan rings is 1. The monoisotopic (exact) mass is 248 g/mol. The first-order valence-corrected chi connectivity index (χ1v) is 6.24. The normalized spacial score (nSPS) is 11.4. The minimum atomic E-state index is 0.417. The highest BCUT2D eigenvalue weighted by atomic mass is 16.4. The number of oxazole rings is 1. The Kier molecular flexibility index (Phi) is 3.57. The van der Waals surface area contributed by atoms with Crippen LogP contribution in [-0.4, -0.2) is 11.0 Å². The smallest absolute Gasteiger partial charge is 0.208 e. The van der Waals surface area contributed by atoms with Crippen LogP contribution >= 0.6 is 0 Å². The molecule has 0 aliphatic heterocycles. The van der Waals surface area contributed by atoms with Crippen LogP contribution in [0, 0.1) is 20.8 Å². The largest absolute Gasteiger partial charge is 0.466 e. The van der Waals surface area contributed by atoms with Gasteiger partial charge in [0.2, 0.25) is 5.89 Å². The van der Waals surface area contributed by atoms with Crippen molar-refractivity contribution in [2.75, 3.05) is 0 Å². The number of hydrogen-bond acceptors (Lipinski definition) is 4. The lowest BCUT2D eigenvalue weighted by Gasteiger charge is -2.04. The minimum Gasteiger partial charge on any atom is -0.466 e. The molecule has 1 N–H and O–H groups in total. The van der Waals surface area contributed by atoms with Gasteiger partial charge in [-0.2, -0.15) is 0 Å². The lowest BCUT2D eigenvalue weighted by Crippen LogP contribution is -2.21. The highest BCUT2D eigenvalue weighted by Gasteiger charge is 2.17. The van der Waals surface area contributed by atoms with Gasteiger partial charge >= 0.3 is 0 Å². The molecule has 2 aromatic rings. The molecule has 0 spiro atoms. The fourth-order valence-corrected chi connectivity index (χ4v) is 1.95. The maximum Gasteiger partial charge on any atom is 0.208 e. The number of rotatable bonds is 4. The van der Waals surface area contributed by atoms with Gasteiger partial charge in [0.1, 0.15) is 11.5 Å². The average molecular weight is 248 g/mol. The molecule has 4 heteroatoms. The van der Waals surface area contributed by atoms with Crippen LogP contribution in [0.4, 0.5) is 0 Å². The van der Waals surface area contributed by atoms with Gasteiger partial charge in [-0.15, -0.1) is 0 Å². The Bertz CT molecular complexity index is 538. The summed E-state index contributed by atoms with van der Waals surface area (Å²) in [4.78, 5) is 4.29. The Labute approximate surface area is 107 Å². The zero-order chi connectivity index (χ0) is 13.3. The molecule has 0 aromatic carbocycles. The molecule has 98 valence electrons. The minimum absolute atomic E-state index is 0.417. The van der Waals surface area contributed by atoms with Crippen molar-refractivity contribution in [1.29, 1.82) is 0 Å². The van der Waals surface area contributed by atoms with Crippen LogP contribution in [-0.2, 0) is 6.54 Å². The van der Waals surface area contributed by atoms with Gasteiger partial charge in [-0.1, -0.05) is 13.8 Å². The first-order valence-electron chi connectivity index (χ1n) is 6.24. The molecule has 0 aliphatic carbocycles. The Morgan fingerprint density at radius 2 is 1.89 bits per heavy atom. The number of aromatic nitrogens is 1. The summed E-state index contributed by atoms with van der Waals surface area (Å²) in [5.74, 6) is 3.30. The fourth-order valence-electron chi connectivity index (χ4n) is 1.95. The second-order valence-electron chi connectivity index (χ2n) is 4.87. The summed E-state index contributed by atoms with van der Waals surface area (Å²) >= 11 is 0. The molecule has 0 radical (unpaired) electrons. The van der Waals surface area contributed by atoms with E-state index in [0.29, 0.717) is 18.5 Å². The molecular weight excluding hydrogens is 228 g/mol. The maximum absolute atomic E-state index is 5.76. The molecular formula is C14H20N2O2. The third kappa shape index (κ3) is 2.48. The zero-order valence-corrected chi connectivity index (χ0v) is 11.6. The van der Waals surface area contributed by atoms with E-state index in [2.05, 4.69) is 24.1 Å². The van der Waals surface area contributed by atoms with Crippen molar-refractivity contribution < 1.29 is 8.83 Å². The predicted octanol–water partition coefficient (Wildman–Crippen LogP) is 3.36. The van der Waals surface area contributed by atoms with Crippen LogP contribution < -0.4 is 5.32 Å². The van der Waals surface area contributed by atoms with E-state index in [1.807, 2.05) is 20.8 Å². The van der Waals surface area contributed by atoms with Crippen LogP contribution in [0.2, 0.25) is 0 Å². The van der Waals surface area contributed by atoms with E-state index < -0.39 is 0 Å². The van der Waals surface area contributed by atoms with Gasteiger partial charge in [0.25, 0.3) is 0 Å². The third-order valence-electron chi connectivity index (χ3n) is 3.02. The quantitative estimate of drug-likeness (QED) is 0.901. The second-order valence-corrected chi connectivity index (χ2v) is 4.87. The predicted molar refractivity (Wildman–Crippen MR) is 70.4 cm³/mol. The Morgan fingerprint density at radius 1 is 1.17 bits per heavy atom. The van der Waals surface area contributed by atoms with Crippen LogP contribution in [0.15, 0.2) is 15.0 Å². The van der Waals surface area contributed by atoms with Crippen LogP contribution in [0.25, 0.3) is 11.3 Å². The fraction of sp³-hybridized carbons (Fsp3) is 0.500. The van der Waals surface area contributed by atoms with Crippen LogP contribution in [0.1, 0.15) is 36.8 Å². The number of nitrogens with zero attached hydrogens (tertiary/aromatic N) is 1. The van der Waals surface area contributed by atoms with Crippen molar-refractivity contribution in [3.63, 3.8) is 0 Å². The molecule has 0 fully saturated rings. The van der Waals surface area contributed by atoms with E-state index >= 15 is 0 Å². The molecule has 0 bridgehead atoms. The van der Waals surface area contributed by atoms with Gasteiger partial charge in [0.05, 0.1) is 18.3 Å². The van der Waals surface area contributed by atoms with Crippen molar-refractivity contribution in [2.45, 2.75) is 47.2 Å². The molecule has 0 atom stereocenters. The SMILES string of the molecule is Cc1oc(C)c(-c2cnc(CNC(C)C)o2)c1C. The number of nitrogens with one attached hydrogen (secondary N) is 1. The number of aryl methyl sites for hydroxylation is 2. The molecule has 0 amide bonds. The molecule has 0 unspecified atom stereocenters. The molecule has 2 heterocycles. The van der Waals surface area contributed by atoms with E-state index in [0.717, 1.165) is 28.4 Å². The highest BCUT2D eigenvalue weighted by molar-refractivity contribution is 5.64. The topological polar surface area (TPSA) is 51.2 Å². The molecule has 18 heavy (non-hydrogen) atoms. The van der Waals surface area contributed by atoms with Crippen molar-refractivity contribution in [1.82, 2.24) is 10.3 Å². The van der Waals surface area contributed by atoms with E-state index in [1.54, 1.807) is 6.20 Å². The first kappa shape index (κ1) is 12.9. The van der Waals surface area contributed by atoms with Crippen LogP contribution in [0.3, 0.4) is 0 Å². The summed E-state index contributed by atoms with van der Waals surface area (Å²) in [5, 5.41) is 3.28. The Hall–Kier alpha value is -1.55. The van der Waals surface area contributed by atoms with Gasteiger partial charge in [-0.3, -0.25) is 0 Å². The van der Waals surface area contributed by atoms with Gasteiger partial charge < -0.3 is 14.2 Å². The van der Waals surface area contributed by atoms with Gasteiger partial charge in [0, 0.05) is 11.6 Å². The molecule has 0 saturated heterocycles. The van der Waals surface area contributed by atoms with Crippen LogP contribution in [0.5, 0.6) is 0 Å². The number of hydrogen-bond donors (Lipinski definition) is 1. The van der Waals surface area contributed by atoms with E-state index in [1.165, 1.54) is 0 Å². The second kappa shape index (κ2) is 4.98. The van der Waals surface area contributed by atoms with E-state index in [4.69, 9.17) is 8.83 Å². The summed E-state index contributed by atoms with van der Waals surface area (Å²) in [6.45, 7) is 10.8. The van der Waals surface area contributed by atoms with Crippen molar-refractivity contribution >= 4 is 0 Å². The zero-order valence-electron chi connectivity index (χ0n) is 11.6. The maximum atomic E-state index is 5.76. The summed E-state index contributed by atoms with van der Waals surface area (Å²) < 4.78 is 11.4. The highest BCUT2D eigenvalue weighted by Crippen LogP contribution is 2.31. The van der Waals surface area contributed by atoms with Gasteiger partial charge in [-0.25, -0.2) is 4.98 Å². The standard InChI is InChI=1S/C14H20N2O2/c1-8(2)15-7-13-16-6-12(18-13)14-9(3)10(4)17-11(14)5/h6,8,15H,7H2,1-5H3. The Balaban J connectivity index is 2.24. The summed E-state index contributed by atoms with van der Waals surface area (Å²) in [7, 11) is 0. The van der Waals surface area contributed by atoms with Gasteiger partial charge in [0.15, 0.2) is 5.76 Å². The Morgan fingerprint density at radius 3 is 2.44 bits per heavy atom. The first-order chi connectivity index (χ1) is 8.49. The molecule has 0 aliphatic rings. The summed E-state index contributed by atoms with van der Waals surface area (Å²) in [6.07, 6.45) is 1.77. The van der Waals surface area contributed by atoms with Crippen molar-refractivity contribution in [3.8, 4) is 11.3 Å². The molecule has 4 nitrogen and oxygen atoms in total. The lowest BCUT2D eigenvalue weighted by atomic mass is 10.1.